The van der Waals surface area contributed by atoms with Crippen LogP contribution in [0.1, 0.15) is 30.7 Å². The van der Waals surface area contributed by atoms with Gasteiger partial charge in [0.2, 0.25) is 5.91 Å². The predicted octanol–water partition coefficient (Wildman–Crippen LogP) is 2.27. The van der Waals surface area contributed by atoms with Crippen molar-refractivity contribution in [1.82, 2.24) is 9.80 Å². The van der Waals surface area contributed by atoms with Gasteiger partial charge < -0.3 is 20.0 Å². The molecular formula is C17H21BrN2O4. The van der Waals surface area contributed by atoms with Gasteiger partial charge in [0.1, 0.15) is 0 Å². The van der Waals surface area contributed by atoms with Crippen molar-refractivity contribution < 1.29 is 19.8 Å². The summed E-state index contributed by atoms with van der Waals surface area (Å²) >= 11 is 3.39. The first-order valence-corrected chi connectivity index (χ1v) is 8.94. The van der Waals surface area contributed by atoms with Gasteiger partial charge in [0.05, 0.1) is 11.5 Å². The molecule has 0 spiro atoms. The maximum absolute atomic E-state index is 13.1. The van der Waals surface area contributed by atoms with Crippen LogP contribution in [0.25, 0.3) is 0 Å². The lowest BCUT2D eigenvalue weighted by molar-refractivity contribution is -0.146. The van der Waals surface area contributed by atoms with Gasteiger partial charge in [0.25, 0.3) is 0 Å². The summed E-state index contributed by atoms with van der Waals surface area (Å²) in [6.45, 7) is 1.36. The second-order valence-electron chi connectivity index (χ2n) is 6.54. The van der Waals surface area contributed by atoms with E-state index >= 15 is 0 Å². The SMILES string of the molecule is O=C(O)N1CCN(C(=O)C(c2ccc(Br)cc2)C2(O)CCC2)CC1. The molecule has 1 unspecified atom stereocenters. The molecule has 3 rings (SSSR count). The highest BCUT2D eigenvalue weighted by molar-refractivity contribution is 9.10. The number of carbonyl (C=O) groups is 2. The van der Waals surface area contributed by atoms with Crippen LogP contribution in [0.2, 0.25) is 0 Å². The van der Waals surface area contributed by atoms with E-state index in [1.807, 2.05) is 24.3 Å². The fourth-order valence-electron chi connectivity index (χ4n) is 3.47. The van der Waals surface area contributed by atoms with E-state index in [9.17, 15) is 14.7 Å². The molecule has 0 bridgehead atoms. The number of nitrogens with zero attached hydrogens (tertiary/aromatic N) is 2. The fraction of sp³-hybridized carbons (Fsp3) is 0.529. The minimum Gasteiger partial charge on any atom is -0.465 e. The van der Waals surface area contributed by atoms with Crippen LogP contribution in [-0.2, 0) is 4.79 Å². The van der Waals surface area contributed by atoms with Gasteiger partial charge in [-0.2, -0.15) is 0 Å². The Morgan fingerprint density at radius 2 is 1.58 bits per heavy atom. The summed E-state index contributed by atoms with van der Waals surface area (Å²) in [6.07, 6.45) is 1.20. The summed E-state index contributed by atoms with van der Waals surface area (Å²) in [5, 5.41) is 19.9. The molecule has 24 heavy (non-hydrogen) atoms. The molecule has 0 aromatic heterocycles. The van der Waals surface area contributed by atoms with Crippen molar-refractivity contribution in [3.63, 3.8) is 0 Å². The third-order valence-electron chi connectivity index (χ3n) is 5.07. The van der Waals surface area contributed by atoms with Crippen molar-refractivity contribution in [2.45, 2.75) is 30.8 Å². The lowest BCUT2D eigenvalue weighted by Gasteiger charge is -2.45. The molecule has 1 saturated carbocycles. The van der Waals surface area contributed by atoms with E-state index in [4.69, 9.17) is 5.11 Å². The Hall–Kier alpha value is -1.60. The summed E-state index contributed by atoms with van der Waals surface area (Å²) in [7, 11) is 0. The monoisotopic (exact) mass is 396 g/mol. The first-order valence-electron chi connectivity index (χ1n) is 8.15. The Labute approximate surface area is 149 Å². The second-order valence-corrected chi connectivity index (χ2v) is 7.45. The maximum Gasteiger partial charge on any atom is 0.407 e. The van der Waals surface area contributed by atoms with Crippen LogP contribution in [0.5, 0.6) is 0 Å². The van der Waals surface area contributed by atoms with E-state index in [0.717, 1.165) is 16.5 Å². The lowest BCUT2D eigenvalue weighted by Crippen LogP contribution is -2.55. The molecule has 1 atom stereocenters. The van der Waals surface area contributed by atoms with Crippen molar-refractivity contribution in [2.24, 2.45) is 0 Å². The zero-order chi connectivity index (χ0) is 17.3. The summed E-state index contributed by atoms with van der Waals surface area (Å²) in [5.41, 5.74) is -0.180. The number of aliphatic hydroxyl groups is 1. The third-order valence-corrected chi connectivity index (χ3v) is 5.60. The van der Waals surface area contributed by atoms with Crippen LogP contribution in [0.4, 0.5) is 4.79 Å². The zero-order valence-electron chi connectivity index (χ0n) is 13.3. The quantitative estimate of drug-likeness (QED) is 0.820. The molecule has 130 valence electrons. The maximum atomic E-state index is 13.1. The molecule has 0 radical (unpaired) electrons. The average Bonchev–Trinajstić information content (AvgIpc) is 2.55. The molecule has 2 aliphatic rings. The molecule has 1 heterocycles. The molecule has 2 fully saturated rings. The molecule has 7 heteroatoms. The molecule has 1 aliphatic heterocycles. The van der Waals surface area contributed by atoms with Gasteiger partial charge in [0, 0.05) is 30.7 Å². The van der Waals surface area contributed by atoms with Crippen molar-refractivity contribution in [3.8, 4) is 0 Å². The number of hydrogen-bond acceptors (Lipinski definition) is 3. The Kier molecular flexibility index (Phi) is 4.83. The topological polar surface area (TPSA) is 81.1 Å². The molecule has 6 nitrogen and oxygen atoms in total. The standard InChI is InChI=1S/C17H21BrN2O4/c18-13-4-2-12(3-5-13)14(17(24)6-1-7-17)15(21)19-8-10-20(11-9-19)16(22)23/h2-5,14,24H,1,6-11H2,(H,22,23). The first kappa shape index (κ1) is 17.2. The zero-order valence-corrected chi connectivity index (χ0v) is 14.9. The number of carboxylic acid groups (broad SMARTS) is 1. The van der Waals surface area contributed by atoms with E-state index in [1.54, 1.807) is 4.90 Å². The van der Waals surface area contributed by atoms with E-state index < -0.39 is 17.6 Å². The number of benzene rings is 1. The van der Waals surface area contributed by atoms with Crippen LogP contribution in [-0.4, -0.2) is 63.8 Å². The Morgan fingerprint density at radius 3 is 2.04 bits per heavy atom. The summed E-state index contributed by atoms with van der Waals surface area (Å²) in [4.78, 5) is 27.1. The number of halogens is 1. The van der Waals surface area contributed by atoms with E-state index in [2.05, 4.69) is 15.9 Å². The Morgan fingerprint density at radius 1 is 1.04 bits per heavy atom. The van der Waals surface area contributed by atoms with Gasteiger partial charge >= 0.3 is 6.09 Å². The van der Waals surface area contributed by atoms with Crippen LogP contribution in [0.3, 0.4) is 0 Å². The van der Waals surface area contributed by atoms with E-state index in [-0.39, 0.29) is 5.91 Å². The Balaban J connectivity index is 1.80. The fourth-order valence-corrected chi connectivity index (χ4v) is 3.73. The number of rotatable bonds is 3. The first-order chi connectivity index (χ1) is 11.4. The predicted molar refractivity (Wildman–Crippen MR) is 91.9 cm³/mol. The van der Waals surface area contributed by atoms with Crippen LogP contribution < -0.4 is 0 Å². The van der Waals surface area contributed by atoms with Crippen molar-refractivity contribution >= 4 is 27.9 Å². The molecule has 1 aromatic rings. The largest absolute Gasteiger partial charge is 0.465 e. The summed E-state index contributed by atoms with van der Waals surface area (Å²) < 4.78 is 0.924. The average molecular weight is 397 g/mol. The summed E-state index contributed by atoms with van der Waals surface area (Å²) in [6, 6.07) is 7.49. The minimum atomic E-state index is -0.991. The van der Waals surface area contributed by atoms with Gasteiger partial charge in [-0.1, -0.05) is 28.1 Å². The molecule has 1 aromatic carbocycles. The molecular weight excluding hydrogens is 376 g/mol. The lowest BCUT2D eigenvalue weighted by atomic mass is 9.68. The molecule has 1 aliphatic carbocycles. The highest BCUT2D eigenvalue weighted by atomic mass is 79.9. The van der Waals surface area contributed by atoms with Crippen LogP contribution in [0.15, 0.2) is 28.7 Å². The number of carbonyl (C=O) groups excluding carboxylic acids is 1. The second kappa shape index (κ2) is 6.72. The third kappa shape index (κ3) is 3.28. The number of hydrogen-bond donors (Lipinski definition) is 2. The van der Waals surface area contributed by atoms with Gasteiger partial charge in [-0.3, -0.25) is 4.79 Å². The van der Waals surface area contributed by atoms with Crippen LogP contribution in [0, 0.1) is 0 Å². The minimum absolute atomic E-state index is 0.107. The van der Waals surface area contributed by atoms with Gasteiger partial charge in [-0.15, -0.1) is 0 Å². The van der Waals surface area contributed by atoms with Crippen LogP contribution >= 0.6 is 15.9 Å². The van der Waals surface area contributed by atoms with Gasteiger partial charge in [0.15, 0.2) is 0 Å². The normalized spacial score (nSPS) is 21.1. The highest BCUT2D eigenvalue weighted by Gasteiger charge is 2.48. The van der Waals surface area contributed by atoms with Crippen molar-refractivity contribution in [3.05, 3.63) is 34.3 Å². The highest BCUT2D eigenvalue weighted by Crippen LogP contribution is 2.44. The van der Waals surface area contributed by atoms with Gasteiger partial charge in [-0.25, -0.2) is 4.79 Å². The van der Waals surface area contributed by atoms with Gasteiger partial charge in [-0.05, 0) is 37.0 Å². The number of amides is 2. The van der Waals surface area contributed by atoms with E-state index in [1.165, 1.54) is 4.90 Å². The molecule has 1 saturated heterocycles. The van der Waals surface area contributed by atoms with Crippen molar-refractivity contribution in [1.29, 1.82) is 0 Å². The Bertz CT molecular complexity index is 622. The summed E-state index contributed by atoms with van der Waals surface area (Å²) in [5.74, 6) is -0.694. The molecule has 2 N–H and O–H groups in total. The van der Waals surface area contributed by atoms with Crippen molar-refractivity contribution in [2.75, 3.05) is 26.2 Å². The number of piperazine rings is 1. The molecule has 2 amide bonds. The van der Waals surface area contributed by atoms with E-state index in [0.29, 0.717) is 39.0 Å². The smallest absolute Gasteiger partial charge is 0.407 e.